The molecule has 0 bridgehead atoms. The predicted octanol–water partition coefficient (Wildman–Crippen LogP) is 2.57. The maximum atomic E-state index is 11.3. The molecule has 116 valence electrons. The Bertz CT molecular complexity index is 479. The highest BCUT2D eigenvalue weighted by Gasteiger charge is 2.30. The van der Waals surface area contributed by atoms with Crippen LogP contribution < -0.4 is 10.1 Å². The second-order valence-corrected chi connectivity index (χ2v) is 5.78. The molecule has 2 unspecified atom stereocenters. The Hall–Kier alpha value is -1.85. The van der Waals surface area contributed by atoms with Gasteiger partial charge in [-0.15, -0.1) is 0 Å². The first-order valence-corrected chi connectivity index (χ1v) is 7.51. The van der Waals surface area contributed by atoms with Crippen LogP contribution in [0.15, 0.2) is 12.4 Å². The van der Waals surface area contributed by atoms with E-state index in [1.807, 2.05) is 13.8 Å². The molecule has 0 radical (unpaired) electrons. The topological polar surface area (TPSA) is 84.3 Å². The maximum Gasteiger partial charge on any atom is 0.306 e. The van der Waals surface area contributed by atoms with Crippen molar-refractivity contribution in [2.75, 3.05) is 11.9 Å². The Morgan fingerprint density at radius 2 is 2.19 bits per heavy atom. The second kappa shape index (κ2) is 7.24. The van der Waals surface area contributed by atoms with E-state index in [2.05, 4.69) is 15.3 Å². The largest absolute Gasteiger partial charge is 0.481 e. The van der Waals surface area contributed by atoms with E-state index >= 15 is 0 Å². The molecule has 0 spiro atoms. The third-order valence-corrected chi connectivity index (χ3v) is 3.77. The van der Waals surface area contributed by atoms with Crippen LogP contribution in [0.4, 0.5) is 5.82 Å². The molecule has 1 saturated carbocycles. The van der Waals surface area contributed by atoms with E-state index in [4.69, 9.17) is 4.74 Å². The molecule has 1 aromatic rings. The van der Waals surface area contributed by atoms with Crippen LogP contribution in [0.25, 0.3) is 0 Å². The van der Waals surface area contributed by atoms with Gasteiger partial charge in [0.2, 0.25) is 5.88 Å². The van der Waals surface area contributed by atoms with Gasteiger partial charge >= 0.3 is 5.97 Å². The zero-order valence-corrected chi connectivity index (χ0v) is 12.6. The molecule has 0 saturated heterocycles. The van der Waals surface area contributed by atoms with Gasteiger partial charge in [0.1, 0.15) is 12.1 Å². The monoisotopic (exact) mass is 293 g/mol. The quantitative estimate of drug-likeness (QED) is 0.838. The first-order chi connectivity index (χ1) is 10.1. The number of carboxylic acid groups (broad SMARTS) is 1. The first kappa shape index (κ1) is 15.5. The lowest BCUT2D eigenvalue weighted by molar-refractivity contribution is -0.144. The second-order valence-electron chi connectivity index (χ2n) is 5.78. The van der Waals surface area contributed by atoms with Crippen molar-refractivity contribution >= 4 is 11.8 Å². The average Bonchev–Trinajstić information content (AvgIpc) is 2.45. The molecule has 6 nitrogen and oxygen atoms in total. The number of rotatable bonds is 6. The molecule has 1 aromatic heterocycles. The lowest BCUT2D eigenvalue weighted by atomic mass is 9.79. The van der Waals surface area contributed by atoms with Gasteiger partial charge < -0.3 is 15.2 Å². The van der Waals surface area contributed by atoms with E-state index in [1.54, 1.807) is 6.07 Å². The zero-order chi connectivity index (χ0) is 15.2. The zero-order valence-electron chi connectivity index (χ0n) is 12.6. The van der Waals surface area contributed by atoms with Crippen molar-refractivity contribution < 1.29 is 14.6 Å². The van der Waals surface area contributed by atoms with E-state index in [-0.39, 0.29) is 17.9 Å². The summed E-state index contributed by atoms with van der Waals surface area (Å²) in [5.74, 6) is 0.421. The van der Waals surface area contributed by atoms with Crippen LogP contribution >= 0.6 is 0 Å². The number of aliphatic carboxylic acids is 1. The Labute approximate surface area is 124 Å². The standard InChI is InChI=1S/C15H23N3O3/c1-10(2)21-14-7-13(17-9-18-14)16-8-11-5-3-4-6-12(11)15(19)20/h7,9-12H,3-6,8H2,1-2H3,(H,19,20)(H,16,17,18). The van der Waals surface area contributed by atoms with E-state index in [0.29, 0.717) is 18.2 Å². The van der Waals surface area contributed by atoms with Crippen LogP contribution in [0.3, 0.4) is 0 Å². The summed E-state index contributed by atoms with van der Waals surface area (Å²) in [6, 6.07) is 1.75. The Morgan fingerprint density at radius 3 is 2.90 bits per heavy atom. The first-order valence-electron chi connectivity index (χ1n) is 7.51. The van der Waals surface area contributed by atoms with Crippen molar-refractivity contribution in [1.82, 2.24) is 9.97 Å². The van der Waals surface area contributed by atoms with Gasteiger partial charge in [0.25, 0.3) is 0 Å². The molecule has 1 aliphatic rings. The lowest BCUT2D eigenvalue weighted by Crippen LogP contribution is -2.31. The Balaban J connectivity index is 1.93. The van der Waals surface area contributed by atoms with Gasteiger partial charge in [0.15, 0.2) is 0 Å². The van der Waals surface area contributed by atoms with Crippen LogP contribution in [0.1, 0.15) is 39.5 Å². The van der Waals surface area contributed by atoms with Crippen LogP contribution in [0.5, 0.6) is 5.88 Å². The molecular weight excluding hydrogens is 270 g/mol. The lowest BCUT2D eigenvalue weighted by Gasteiger charge is -2.28. The summed E-state index contributed by atoms with van der Waals surface area (Å²) in [5.41, 5.74) is 0. The molecule has 1 aliphatic carbocycles. The number of nitrogens with zero attached hydrogens (tertiary/aromatic N) is 2. The van der Waals surface area contributed by atoms with Gasteiger partial charge in [-0.3, -0.25) is 4.79 Å². The summed E-state index contributed by atoms with van der Waals surface area (Å²) in [6.07, 6.45) is 5.34. The minimum absolute atomic E-state index is 0.0579. The molecule has 21 heavy (non-hydrogen) atoms. The summed E-state index contributed by atoms with van der Waals surface area (Å²) in [7, 11) is 0. The molecule has 0 aromatic carbocycles. The number of carbonyl (C=O) groups is 1. The van der Waals surface area contributed by atoms with Gasteiger partial charge in [0.05, 0.1) is 12.0 Å². The summed E-state index contributed by atoms with van der Waals surface area (Å²) < 4.78 is 5.52. The summed E-state index contributed by atoms with van der Waals surface area (Å²) in [5, 5.41) is 12.5. The fourth-order valence-electron chi connectivity index (χ4n) is 2.75. The van der Waals surface area contributed by atoms with E-state index in [0.717, 1.165) is 25.7 Å². The number of ether oxygens (including phenoxy) is 1. The number of aromatic nitrogens is 2. The summed E-state index contributed by atoms with van der Waals surface area (Å²) >= 11 is 0. The SMILES string of the molecule is CC(C)Oc1cc(NCC2CCCCC2C(=O)O)ncn1. The molecule has 1 heterocycles. The highest BCUT2D eigenvalue weighted by Crippen LogP contribution is 2.30. The average molecular weight is 293 g/mol. The molecule has 0 amide bonds. The smallest absolute Gasteiger partial charge is 0.306 e. The number of anilines is 1. The van der Waals surface area contributed by atoms with Crippen LogP contribution in [0.2, 0.25) is 0 Å². The van der Waals surface area contributed by atoms with Crippen molar-refractivity contribution in [3.8, 4) is 5.88 Å². The minimum Gasteiger partial charge on any atom is -0.481 e. The van der Waals surface area contributed by atoms with Crippen molar-refractivity contribution in [3.05, 3.63) is 12.4 Å². The Morgan fingerprint density at radius 1 is 1.43 bits per heavy atom. The van der Waals surface area contributed by atoms with Gasteiger partial charge in [0, 0.05) is 12.6 Å². The van der Waals surface area contributed by atoms with E-state index < -0.39 is 5.97 Å². The van der Waals surface area contributed by atoms with Crippen LogP contribution in [-0.4, -0.2) is 33.7 Å². The van der Waals surface area contributed by atoms with Gasteiger partial charge in [-0.25, -0.2) is 9.97 Å². The summed E-state index contributed by atoms with van der Waals surface area (Å²) in [4.78, 5) is 19.5. The van der Waals surface area contributed by atoms with Gasteiger partial charge in [-0.1, -0.05) is 12.8 Å². The van der Waals surface area contributed by atoms with E-state index in [1.165, 1.54) is 6.33 Å². The number of carboxylic acids is 1. The number of hydrogen-bond donors (Lipinski definition) is 2. The van der Waals surface area contributed by atoms with Crippen LogP contribution in [0, 0.1) is 11.8 Å². The minimum atomic E-state index is -0.687. The highest BCUT2D eigenvalue weighted by molar-refractivity contribution is 5.70. The number of hydrogen-bond acceptors (Lipinski definition) is 5. The van der Waals surface area contributed by atoms with Crippen LogP contribution in [-0.2, 0) is 4.79 Å². The van der Waals surface area contributed by atoms with Crippen molar-refractivity contribution in [2.45, 2.75) is 45.6 Å². The van der Waals surface area contributed by atoms with E-state index in [9.17, 15) is 9.90 Å². The van der Waals surface area contributed by atoms with Crippen molar-refractivity contribution in [3.63, 3.8) is 0 Å². The highest BCUT2D eigenvalue weighted by atomic mass is 16.5. The molecular formula is C15H23N3O3. The van der Waals surface area contributed by atoms with Crippen molar-refractivity contribution in [2.24, 2.45) is 11.8 Å². The third-order valence-electron chi connectivity index (χ3n) is 3.77. The Kier molecular flexibility index (Phi) is 5.36. The van der Waals surface area contributed by atoms with Gasteiger partial charge in [-0.05, 0) is 32.6 Å². The summed E-state index contributed by atoms with van der Waals surface area (Å²) in [6.45, 7) is 4.50. The molecule has 2 N–H and O–H groups in total. The fraction of sp³-hybridized carbons (Fsp3) is 0.667. The van der Waals surface area contributed by atoms with Gasteiger partial charge in [-0.2, -0.15) is 0 Å². The maximum absolute atomic E-state index is 11.3. The molecule has 2 atom stereocenters. The number of nitrogens with one attached hydrogen (secondary N) is 1. The molecule has 2 rings (SSSR count). The fourth-order valence-corrected chi connectivity index (χ4v) is 2.75. The molecule has 1 fully saturated rings. The van der Waals surface area contributed by atoms with Crippen molar-refractivity contribution in [1.29, 1.82) is 0 Å². The predicted molar refractivity (Wildman–Crippen MR) is 79.4 cm³/mol. The molecule has 0 aliphatic heterocycles. The third kappa shape index (κ3) is 4.58. The molecule has 6 heteroatoms. The normalized spacial score (nSPS) is 22.0.